The average molecular weight is 423 g/mol. The Bertz CT molecular complexity index is 672. The molecule has 0 aliphatic heterocycles. The Balaban J connectivity index is 2.84. The van der Waals surface area contributed by atoms with Gasteiger partial charge in [0.25, 0.3) is 0 Å². The molecule has 0 aromatic heterocycles. The maximum absolute atomic E-state index is 12.6. The van der Waals surface area contributed by atoms with Crippen molar-refractivity contribution in [3.8, 4) is 0 Å². The van der Waals surface area contributed by atoms with Crippen LogP contribution in [0.1, 0.15) is 103 Å². The fourth-order valence-electron chi connectivity index (χ4n) is 3.84. The van der Waals surface area contributed by atoms with Crippen LogP contribution in [-0.2, 0) is 19.6 Å². The van der Waals surface area contributed by atoms with E-state index in [1.165, 1.54) is 12.1 Å². The second-order valence-corrected chi connectivity index (χ2v) is 11.4. The molecule has 0 atom stereocenters. The molecule has 0 amide bonds. The molecule has 0 aliphatic rings. The predicted molar refractivity (Wildman–Crippen MR) is 116 cm³/mol. The van der Waals surface area contributed by atoms with Crippen LogP contribution in [0.25, 0.3) is 0 Å². The topological polar surface area (TPSA) is 71.1 Å². The first-order valence-electron chi connectivity index (χ1n) is 10.3. The summed E-state index contributed by atoms with van der Waals surface area (Å²) < 4.78 is 0. The minimum atomic E-state index is -0.765. The van der Waals surface area contributed by atoms with Crippen molar-refractivity contribution in [3.63, 3.8) is 0 Å². The average Bonchev–Trinajstić information content (AvgIpc) is 2.53. The van der Waals surface area contributed by atoms with E-state index in [0.717, 1.165) is 0 Å². The minimum Gasteiger partial charge on any atom is -0.292 e. The van der Waals surface area contributed by atoms with Crippen LogP contribution in [0.3, 0.4) is 0 Å². The lowest BCUT2D eigenvalue weighted by Gasteiger charge is -2.30. The van der Waals surface area contributed by atoms with Gasteiger partial charge in [0.15, 0.2) is 0 Å². The summed E-state index contributed by atoms with van der Waals surface area (Å²) in [5.41, 5.74) is -1.27. The first-order chi connectivity index (χ1) is 13.4. The molecule has 170 valence electrons. The summed E-state index contributed by atoms with van der Waals surface area (Å²) in [6, 6.07) is 6.24. The van der Waals surface area contributed by atoms with E-state index in [2.05, 4.69) is 41.5 Å². The molecule has 0 unspecified atom stereocenters. The third-order valence-electron chi connectivity index (χ3n) is 3.96. The monoisotopic (exact) mass is 422 g/mol. The molecule has 0 fully saturated rings. The summed E-state index contributed by atoms with van der Waals surface area (Å²) in [7, 11) is 0. The predicted octanol–water partition coefficient (Wildman–Crippen LogP) is 6.29. The van der Waals surface area contributed by atoms with Gasteiger partial charge >= 0.3 is 11.9 Å². The van der Waals surface area contributed by atoms with Gasteiger partial charge < -0.3 is 0 Å². The van der Waals surface area contributed by atoms with E-state index in [1.54, 1.807) is 12.1 Å². The standard InChI is InChI=1S/C24H38O6/c1-21(2,3)15-23(7,8)29-27-19(25)17-13-11-12-14-18(17)20(26)28-30-24(9,10)16-22(4,5)6/h11-14H,15-16H2,1-10H3. The van der Waals surface area contributed by atoms with Gasteiger partial charge in [0.1, 0.15) is 11.2 Å². The van der Waals surface area contributed by atoms with Gasteiger partial charge in [-0.3, -0.25) is 9.78 Å². The first kappa shape index (κ1) is 26.1. The van der Waals surface area contributed by atoms with Gasteiger partial charge in [0, 0.05) is 0 Å². The summed E-state index contributed by atoms with van der Waals surface area (Å²) in [4.78, 5) is 46.0. The summed E-state index contributed by atoms with van der Waals surface area (Å²) >= 11 is 0. The molecule has 0 heterocycles. The minimum absolute atomic E-state index is 0.00514. The van der Waals surface area contributed by atoms with Crippen LogP contribution in [0, 0.1) is 10.8 Å². The molecule has 1 aromatic rings. The molecule has 0 radical (unpaired) electrons. The highest BCUT2D eigenvalue weighted by molar-refractivity contribution is 6.02. The molecule has 0 bridgehead atoms. The molecule has 0 N–H and O–H groups in total. The summed E-state index contributed by atoms with van der Waals surface area (Å²) in [6.07, 6.45) is 1.35. The molecular weight excluding hydrogens is 384 g/mol. The van der Waals surface area contributed by atoms with Gasteiger partial charge in [-0.1, -0.05) is 53.7 Å². The van der Waals surface area contributed by atoms with Crippen molar-refractivity contribution in [3.05, 3.63) is 35.4 Å². The van der Waals surface area contributed by atoms with Crippen molar-refractivity contribution < 1.29 is 29.1 Å². The summed E-state index contributed by atoms with van der Waals surface area (Å²) in [6.45, 7) is 19.8. The van der Waals surface area contributed by atoms with E-state index < -0.39 is 23.1 Å². The Hall–Kier alpha value is -1.92. The van der Waals surface area contributed by atoms with Gasteiger partial charge in [-0.15, -0.1) is 0 Å². The molecule has 30 heavy (non-hydrogen) atoms. The van der Waals surface area contributed by atoms with Crippen LogP contribution in [-0.4, -0.2) is 23.1 Å². The lowest BCUT2D eigenvalue weighted by atomic mass is 9.84. The van der Waals surface area contributed by atoms with Gasteiger partial charge in [0.2, 0.25) is 0 Å². The lowest BCUT2D eigenvalue weighted by Crippen LogP contribution is -2.32. The van der Waals surface area contributed by atoms with Gasteiger partial charge in [-0.25, -0.2) is 9.59 Å². The fourth-order valence-corrected chi connectivity index (χ4v) is 3.84. The Kier molecular flexibility index (Phi) is 8.25. The summed E-state index contributed by atoms with van der Waals surface area (Å²) in [5.74, 6) is -1.53. The number of hydrogen-bond donors (Lipinski definition) is 0. The van der Waals surface area contributed by atoms with Gasteiger partial charge in [0.05, 0.1) is 11.1 Å². The normalized spacial score (nSPS) is 13.1. The molecule has 0 saturated carbocycles. The lowest BCUT2D eigenvalue weighted by molar-refractivity contribution is -0.313. The maximum atomic E-state index is 12.6. The second-order valence-electron chi connectivity index (χ2n) is 11.4. The van der Waals surface area contributed by atoms with Crippen molar-refractivity contribution in [1.82, 2.24) is 0 Å². The quantitative estimate of drug-likeness (QED) is 0.362. The molecule has 1 rings (SSSR count). The number of carbonyl (C=O) groups excluding carboxylic acids is 2. The number of rotatable bonds is 8. The molecule has 0 spiro atoms. The highest BCUT2D eigenvalue weighted by Crippen LogP contribution is 2.31. The zero-order valence-corrected chi connectivity index (χ0v) is 20.2. The third kappa shape index (κ3) is 9.72. The van der Waals surface area contributed by atoms with Gasteiger partial charge in [-0.05, 0) is 63.5 Å². The zero-order valence-electron chi connectivity index (χ0n) is 20.2. The largest absolute Gasteiger partial charge is 0.373 e. The van der Waals surface area contributed by atoms with Crippen molar-refractivity contribution >= 4 is 11.9 Å². The van der Waals surface area contributed by atoms with Crippen molar-refractivity contribution in [2.45, 2.75) is 93.3 Å². The van der Waals surface area contributed by atoms with Crippen LogP contribution in [0.2, 0.25) is 0 Å². The first-order valence-corrected chi connectivity index (χ1v) is 10.3. The Morgan fingerprint density at radius 2 is 0.933 bits per heavy atom. The van der Waals surface area contributed by atoms with E-state index in [1.807, 2.05) is 27.7 Å². The van der Waals surface area contributed by atoms with Crippen LogP contribution in [0.5, 0.6) is 0 Å². The Morgan fingerprint density at radius 3 is 1.20 bits per heavy atom. The molecule has 0 saturated heterocycles. The molecule has 6 nitrogen and oxygen atoms in total. The highest BCUT2D eigenvalue weighted by atomic mass is 17.2. The van der Waals surface area contributed by atoms with E-state index in [-0.39, 0.29) is 22.0 Å². The van der Waals surface area contributed by atoms with Crippen molar-refractivity contribution in [1.29, 1.82) is 0 Å². The Labute approximate surface area is 181 Å². The van der Waals surface area contributed by atoms with Crippen LogP contribution in [0.15, 0.2) is 24.3 Å². The van der Waals surface area contributed by atoms with E-state index in [0.29, 0.717) is 12.8 Å². The number of carbonyl (C=O) groups is 2. The Morgan fingerprint density at radius 1 is 0.633 bits per heavy atom. The fraction of sp³-hybridized carbons (Fsp3) is 0.667. The van der Waals surface area contributed by atoms with Crippen LogP contribution >= 0.6 is 0 Å². The molecule has 1 aromatic carbocycles. The van der Waals surface area contributed by atoms with E-state index >= 15 is 0 Å². The molecule has 0 aliphatic carbocycles. The molecular formula is C24H38O6. The zero-order chi connectivity index (χ0) is 23.4. The van der Waals surface area contributed by atoms with Crippen LogP contribution < -0.4 is 0 Å². The van der Waals surface area contributed by atoms with Crippen molar-refractivity contribution in [2.75, 3.05) is 0 Å². The summed E-state index contributed by atoms with van der Waals surface area (Å²) in [5, 5.41) is 0. The van der Waals surface area contributed by atoms with Gasteiger partial charge in [-0.2, -0.15) is 9.78 Å². The maximum Gasteiger partial charge on any atom is 0.373 e. The smallest absolute Gasteiger partial charge is 0.292 e. The highest BCUT2D eigenvalue weighted by Gasteiger charge is 2.31. The third-order valence-corrected chi connectivity index (χ3v) is 3.96. The number of benzene rings is 1. The van der Waals surface area contributed by atoms with Crippen molar-refractivity contribution in [2.24, 2.45) is 10.8 Å². The van der Waals surface area contributed by atoms with Crippen LogP contribution in [0.4, 0.5) is 0 Å². The number of hydrogen-bond acceptors (Lipinski definition) is 6. The second kappa shape index (κ2) is 9.48. The SMILES string of the molecule is CC(C)(C)CC(C)(C)OOC(=O)c1ccccc1C(=O)OOC(C)(C)CC(C)(C)C. The van der Waals surface area contributed by atoms with E-state index in [9.17, 15) is 9.59 Å². The molecule has 6 heteroatoms. The van der Waals surface area contributed by atoms with E-state index in [4.69, 9.17) is 19.6 Å².